The number of nitrogens with one attached hydrogen (secondary N) is 1. The second-order valence-electron chi connectivity index (χ2n) is 4.99. The summed E-state index contributed by atoms with van der Waals surface area (Å²) in [6.07, 6.45) is 0.0627. The van der Waals surface area contributed by atoms with E-state index in [1.54, 1.807) is 18.2 Å². The molecule has 4 nitrogen and oxygen atoms in total. The molecular weight excluding hydrogens is 285 g/mol. The molecular formula is C17H18FNO3. The van der Waals surface area contributed by atoms with Crippen molar-refractivity contribution < 1.29 is 18.7 Å². The van der Waals surface area contributed by atoms with Gasteiger partial charge in [0.1, 0.15) is 17.3 Å². The van der Waals surface area contributed by atoms with E-state index in [4.69, 9.17) is 9.47 Å². The van der Waals surface area contributed by atoms with Crippen molar-refractivity contribution in [2.45, 2.75) is 20.0 Å². The average molecular weight is 303 g/mol. The zero-order valence-corrected chi connectivity index (χ0v) is 12.5. The third-order valence-electron chi connectivity index (χ3n) is 2.67. The van der Waals surface area contributed by atoms with Crippen molar-refractivity contribution in [3.8, 4) is 11.5 Å². The van der Waals surface area contributed by atoms with Gasteiger partial charge in [-0.15, -0.1) is 0 Å². The highest BCUT2D eigenvalue weighted by molar-refractivity contribution is 5.92. The van der Waals surface area contributed by atoms with Gasteiger partial charge in [-0.1, -0.05) is 6.07 Å². The Morgan fingerprint density at radius 3 is 2.55 bits per heavy atom. The molecule has 2 rings (SSSR count). The Kier molecular flexibility index (Phi) is 5.36. The molecule has 0 aliphatic rings. The normalized spacial score (nSPS) is 10.4. The highest BCUT2D eigenvalue weighted by Gasteiger charge is 2.05. The zero-order valence-electron chi connectivity index (χ0n) is 12.5. The van der Waals surface area contributed by atoms with Crippen LogP contribution in [0, 0.1) is 5.82 Å². The van der Waals surface area contributed by atoms with Crippen LogP contribution in [0.25, 0.3) is 0 Å². The summed E-state index contributed by atoms with van der Waals surface area (Å²) in [5.41, 5.74) is 0.630. The Bertz CT molecular complexity index is 626. The molecule has 0 atom stereocenters. The van der Waals surface area contributed by atoms with E-state index in [1.165, 1.54) is 24.3 Å². The van der Waals surface area contributed by atoms with Crippen LogP contribution in [-0.2, 0) is 4.79 Å². The van der Waals surface area contributed by atoms with Crippen LogP contribution in [0.4, 0.5) is 10.1 Å². The van der Waals surface area contributed by atoms with Crippen molar-refractivity contribution in [3.63, 3.8) is 0 Å². The number of carbonyl (C=O) groups excluding carboxylic acids is 1. The van der Waals surface area contributed by atoms with E-state index in [1.807, 2.05) is 19.9 Å². The van der Waals surface area contributed by atoms with Crippen LogP contribution >= 0.6 is 0 Å². The molecule has 0 aliphatic carbocycles. The lowest BCUT2D eigenvalue weighted by Crippen LogP contribution is -2.20. The molecule has 0 bridgehead atoms. The Balaban J connectivity index is 1.87. The Morgan fingerprint density at radius 2 is 1.86 bits per heavy atom. The predicted octanol–water partition coefficient (Wildman–Crippen LogP) is 3.63. The van der Waals surface area contributed by atoms with Crippen LogP contribution < -0.4 is 14.8 Å². The van der Waals surface area contributed by atoms with Gasteiger partial charge in [-0.2, -0.15) is 0 Å². The SMILES string of the molecule is CC(C)Oc1cccc(NC(=O)COc2ccc(F)cc2)c1. The number of benzene rings is 2. The third kappa shape index (κ3) is 5.09. The topological polar surface area (TPSA) is 47.6 Å². The minimum absolute atomic E-state index is 0.0627. The first kappa shape index (κ1) is 15.8. The summed E-state index contributed by atoms with van der Waals surface area (Å²) in [6.45, 7) is 3.71. The fourth-order valence-electron chi connectivity index (χ4n) is 1.80. The van der Waals surface area contributed by atoms with Crippen molar-refractivity contribution in [2.24, 2.45) is 0 Å². The summed E-state index contributed by atoms with van der Waals surface area (Å²) in [6, 6.07) is 12.6. The molecule has 0 radical (unpaired) electrons. The molecule has 2 aromatic carbocycles. The van der Waals surface area contributed by atoms with Gasteiger partial charge in [-0.25, -0.2) is 4.39 Å². The third-order valence-corrected chi connectivity index (χ3v) is 2.67. The van der Waals surface area contributed by atoms with Gasteiger partial charge >= 0.3 is 0 Å². The molecule has 2 aromatic rings. The van der Waals surface area contributed by atoms with Crippen molar-refractivity contribution in [3.05, 3.63) is 54.3 Å². The molecule has 22 heavy (non-hydrogen) atoms. The molecule has 0 spiro atoms. The van der Waals surface area contributed by atoms with E-state index in [-0.39, 0.29) is 24.4 Å². The van der Waals surface area contributed by atoms with Gasteiger partial charge in [0.15, 0.2) is 6.61 Å². The largest absolute Gasteiger partial charge is 0.491 e. The summed E-state index contributed by atoms with van der Waals surface area (Å²) in [4.78, 5) is 11.8. The number of rotatable bonds is 6. The van der Waals surface area contributed by atoms with Crippen molar-refractivity contribution >= 4 is 11.6 Å². The zero-order chi connectivity index (χ0) is 15.9. The summed E-state index contributed by atoms with van der Waals surface area (Å²) in [5, 5.41) is 2.72. The first-order valence-corrected chi connectivity index (χ1v) is 6.98. The van der Waals surface area contributed by atoms with Gasteiger partial charge in [0.25, 0.3) is 5.91 Å². The van der Waals surface area contributed by atoms with Crippen LogP contribution in [0.15, 0.2) is 48.5 Å². The minimum atomic E-state index is -0.348. The molecule has 1 amide bonds. The second kappa shape index (κ2) is 7.45. The van der Waals surface area contributed by atoms with Crippen LogP contribution in [-0.4, -0.2) is 18.6 Å². The molecule has 0 unspecified atom stereocenters. The minimum Gasteiger partial charge on any atom is -0.491 e. The number of hydrogen-bond donors (Lipinski definition) is 1. The monoisotopic (exact) mass is 303 g/mol. The number of carbonyl (C=O) groups is 1. The molecule has 0 heterocycles. The van der Waals surface area contributed by atoms with Gasteiger partial charge in [0.2, 0.25) is 0 Å². The van der Waals surface area contributed by atoms with Crippen LogP contribution in [0.1, 0.15) is 13.8 Å². The lowest BCUT2D eigenvalue weighted by molar-refractivity contribution is -0.118. The maximum absolute atomic E-state index is 12.8. The van der Waals surface area contributed by atoms with E-state index in [2.05, 4.69) is 5.32 Å². The summed E-state index contributed by atoms with van der Waals surface area (Å²) in [5.74, 6) is 0.477. The Labute approximate surface area is 128 Å². The lowest BCUT2D eigenvalue weighted by Gasteiger charge is -2.12. The summed E-state index contributed by atoms with van der Waals surface area (Å²) in [7, 11) is 0. The van der Waals surface area contributed by atoms with E-state index >= 15 is 0 Å². The van der Waals surface area contributed by atoms with Crippen molar-refractivity contribution in [2.75, 3.05) is 11.9 Å². The molecule has 116 valence electrons. The highest BCUT2D eigenvalue weighted by Crippen LogP contribution is 2.18. The van der Waals surface area contributed by atoms with Crippen molar-refractivity contribution in [1.29, 1.82) is 0 Å². The quantitative estimate of drug-likeness (QED) is 0.886. The first-order chi connectivity index (χ1) is 10.5. The standard InChI is InChI=1S/C17H18FNO3/c1-12(2)22-16-5-3-4-14(10-16)19-17(20)11-21-15-8-6-13(18)7-9-15/h3-10,12H,11H2,1-2H3,(H,19,20). The molecule has 5 heteroatoms. The number of hydrogen-bond acceptors (Lipinski definition) is 3. The number of ether oxygens (including phenoxy) is 2. The van der Waals surface area contributed by atoms with Gasteiger partial charge in [0.05, 0.1) is 6.10 Å². The molecule has 0 saturated heterocycles. The van der Waals surface area contributed by atoms with Crippen LogP contribution in [0.3, 0.4) is 0 Å². The second-order valence-corrected chi connectivity index (χ2v) is 4.99. The molecule has 1 N–H and O–H groups in total. The van der Waals surface area contributed by atoms with E-state index in [0.717, 1.165) is 0 Å². The van der Waals surface area contributed by atoms with Crippen LogP contribution in [0.2, 0.25) is 0 Å². The van der Waals surface area contributed by atoms with Gasteiger partial charge < -0.3 is 14.8 Å². The average Bonchev–Trinajstić information content (AvgIpc) is 2.46. The Hall–Kier alpha value is -2.56. The number of halogens is 1. The maximum atomic E-state index is 12.8. The summed E-state index contributed by atoms with van der Waals surface area (Å²) < 4.78 is 23.6. The van der Waals surface area contributed by atoms with E-state index in [9.17, 15) is 9.18 Å². The summed E-state index contributed by atoms with van der Waals surface area (Å²) >= 11 is 0. The fraction of sp³-hybridized carbons (Fsp3) is 0.235. The smallest absolute Gasteiger partial charge is 0.262 e. The van der Waals surface area contributed by atoms with E-state index < -0.39 is 0 Å². The van der Waals surface area contributed by atoms with Gasteiger partial charge in [0, 0.05) is 11.8 Å². The maximum Gasteiger partial charge on any atom is 0.262 e. The predicted molar refractivity (Wildman–Crippen MR) is 82.7 cm³/mol. The van der Waals surface area contributed by atoms with Crippen molar-refractivity contribution in [1.82, 2.24) is 0 Å². The fourth-order valence-corrected chi connectivity index (χ4v) is 1.80. The molecule has 0 aromatic heterocycles. The first-order valence-electron chi connectivity index (χ1n) is 6.98. The molecule has 0 fully saturated rings. The van der Waals surface area contributed by atoms with E-state index in [0.29, 0.717) is 17.2 Å². The highest BCUT2D eigenvalue weighted by atomic mass is 19.1. The number of amides is 1. The van der Waals surface area contributed by atoms with Gasteiger partial charge in [-0.05, 0) is 50.2 Å². The molecule has 0 aliphatic heterocycles. The van der Waals surface area contributed by atoms with Crippen LogP contribution in [0.5, 0.6) is 11.5 Å². The number of anilines is 1. The van der Waals surface area contributed by atoms with Gasteiger partial charge in [-0.3, -0.25) is 4.79 Å². The Morgan fingerprint density at radius 1 is 1.14 bits per heavy atom. The lowest BCUT2D eigenvalue weighted by atomic mass is 10.3. The molecule has 0 saturated carbocycles.